The van der Waals surface area contributed by atoms with Gasteiger partial charge in [-0.1, -0.05) is 72.3 Å². The van der Waals surface area contributed by atoms with Gasteiger partial charge in [-0.2, -0.15) is 5.10 Å². The average molecular weight is 402 g/mol. The largest absolute Gasteiger partial charge is 0.344 e. The van der Waals surface area contributed by atoms with Crippen LogP contribution in [0.3, 0.4) is 0 Å². The van der Waals surface area contributed by atoms with E-state index in [0.717, 1.165) is 22.5 Å². The first-order chi connectivity index (χ1) is 14.1. The fourth-order valence-corrected chi connectivity index (χ4v) is 3.29. The molecule has 0 saturated heterocycles. The summed E-state index contributed by atoms with van der Waals surface area (Å²) in [5.41, 5.74) is 3.97. The van der Waals surface area contributed by atoms with E-state index in [9.17, 15) is 4.79 Å². The van der Waals surface area contributed by atoms with E-state index in [2.05, 4.69) is 5.32 Å². The summed E-state index contributed by atoms with van der Waals surface area (Å²) in [6.45, 7) is 1.97. The number of nitrogens with one attached hydrogen (secondary N) is 1. The van der Waals surface area contributed by atoms with E-state index in [0.29, 0.717) is 10.7 Å². The summed E-state index contributed by atoms with van der Waals surface area (Å²) in [6.07, 6.45) is 0. The van der Waals surface area contributed by atoms with Crippen LogP contribution in [0, 0.1) is 0 Å². The zero-order valence-corrected chi connectivity index (χ0v) is 16.7. The Morgan fingerprint density at radius 1 is 0.931 bits per heavy atom. The van der Waals surface area contributed by atoms with Crippen molar-refractivity contribution in [3.05, 3.63) is 107 Å². The molecule has 1 unspecified atom stereocenters. The quantitative estimate of drug-likeness (QED) is 0.467. The molecule has 0 spiro atoms. The summed E-state index contributed by atoms with van der Waals surface area (Å²) in [7, 11) is 0. The standard InChI is InChI=1S/C24H20ClN3O/c1-17(18-8-4-2-5-9-18)26-24(29)23-16-22(19-10-6-3-7-11-19)27-28(23)21-14-12-20(25)13-15-21/h2-17H,1H3,(H,26,29). The third kappa shape index (κ3) is 4.23. The number of benzene rings is 3. The number of halogens is 1. The molecule has 144 valence electrons. The van der Waals surface area contributed by atoms with Gasteiger partial charge in [-0.15, -0.1) is 0 Å². The number of nitrogens with zero attached hydrogens (tertiary/aromatic N) is 2. The molecule has 0 radical (unpaired) electrons. The van der Waals surface area contributed by atoms with Gasteiger partial charge in [0.15, 0.2) is 0 Å². The smallest absolute Gasteiger partial charge is 0.270 e. The number of hydrogen-bond donors (Lipinski definition) is 1. The minimum absolute atomic E-state index is 0.127. The van der Waals surface area contributed by atoms with Crippen LogP contribution >= 0.6 is 11.6 Å². The van der Waals surface area contributed by atoms with E-state index in [1.807, 2.05) is 85.8 Å². The van der Waals surface area contributed by atoms with Crippen molar-refractivity contribution in [3.63, 3.8) is 0 Å². The van der Waals surface area contributed by atoms with E-state index in [1.165, 1.54) is 0 Å². The van der Waals surface area contributed by atoms with Gasteiger partial charge in [0.05, 0.1) is 17.4 Å². The van der Waals surface area contributed by atoms with Crippen molar-refractivity contribution in [1.82, 2.24) is 15.1 Å². The lowest BCUT2D eigenvalue weighted by atomic mass is 10.1. The molecule has 29 heavy (non-hydrogen) atoms. The van der Waals surface area contributed by atoms with Crippen molar-refractivity contribution in [2.75, 3.05) is 0 Å². The van der Waals surface area contributed by atoms with E-state index < -0.39 is 0 Å². The molecule has 1 aromatic heterocycles. The molecule has 0 fully saturated rings. The lowest BCUT2D eigenvalue weighted by molar-refractivity contribution is 0.0932. The lowest BCUT2D eigenvalue weighted by Gasteiger charge is -2.15. The minimum Gasteiger partial charge on any atom is -0.344 e. The normalized spacial score (nSPS) is 11.8. The highest BCUT2D eigenvalue weighted by Gasteiger charge is 2.19. The molecular weight excluding hydrogens is 382 g/mol. The molecule has 0 saturated carbocycles. The van der Waals surface area contributed by atoms with Crippen molar-refractivity contribution in [2.45, 2.75) is 13.0 Å². The molecule has 4 aromatic rings. The van der Waals surface area contributed by atoms with Gasteiger partial charge in [-0.05, 0) is 42.8 Å². The highest BCUT2D eigenvalue weighted by molar-refractivity contribution is 6.30. The molecule has 0 aliphatic rings. The van der Waals surface area contributed by atoms with Crippen LogP contribution in [0.4, 0.5) is 0 Å². The van der Waals surface area contributed by atoms with Crippen molar-refractivity contribution in [3.8, 4) is 16.9 Å². The molecule has 3 aromatic carbocycles. The second-order valence-corrected chi connectivity index (χ2v) is 7.21. The predicted molar refractivity (Wildman–Crippen MR) is 116 cm³/mol. The topological polar surface area (TPSA) is 46.9 Å². The first-order valence-corrected chi connectivity index (χ1v) is 9.77. The molecular formula is C24H20ClN3O. The maximum atomic E-state index is 13.1. The number of amides is 1. The van der Waals surface area contributed by atoms with Gasteiger partial charge in [-0.3, -0.25) is 4.79 Å². The van der Waals surface area contributed by atoms with Crippen LogP contribution in [0.1, 0.15) is 29.0 Å². The Bertz CT molecular complexity index is 1110. The summed E-state index contributed by atoms with van der Waals surface area (Å²) in [5.74, 6) is -0.189. The third-order valence-electron chi connectivity index (χ3n) is 4.73. The molecule has 0 bridgehead atoms. The maximum absolute atomic E-state index is 13.1. The van der Waals surface area contributed by atoms with Crippen LogP contribution in [-0.4, -0.2) is 15.7 Å². The molecule has 4 nitrogen and oxygen atoms in total. The van der Waals surface area contributed by atoms with Crippen LogP contribution in [0.2, 0.25) is 5.02 Å². The molecule has 1 N–H and O–H groups in total. The second-order valence-electron chi connectivity index (χ2n) is 6.77. The van der Waals surface area contributed by atoms with E-state index >= 15 is 0 Å². The summed E-state index contributed by atoms with van der Waals surface area (Å²) >= 11 is 6.03. The van der Waals surface area contributed by atoms with Gasteiger partial charge in [0.2, 0.25) is 0 Å². The van der Waals surface area contributed by atoms with Gasteiger partial charge >= 0.3 is 0 Å². The number of hydrogen-bond acceptors (Lipinski definition) is 2. The SMILES string of the molecule is CC(NC(=O)c1cc(-c2ccccc2)nn1-c1ccc(Cl)cc1)c1ccccc1. The Kier molecular flexibility index (Phi) is 5.45. The van der Waals surface area contributed by atoms with Gasteiger partial charge in [0.1, 0.15) is 5.69 Å². The van der Waals surface area contributed by atoms with Crippen LogP contribution in [0.15, 0.2) is 91.0 Å². The zero-order chi connectivity index (χ0) is 20.2. The highest BCUT2D eigenvalue weighted by atomic mass is 35.5. The Hall–Kier alpha value is -3.37. The average Bonchev–Trinajstić information content (AvgIpc) is 3.21. The van der Waals surface area contributed by atoms with Crippen LogP contribution in [0.5, 0.6) is 0 Å². The van der Waals surface area contributed by atoms with Crippen molar-refractivity contribution < 1.29 is 4.79 Å². The second kappa shape index (κ2) is 8.33. The predicted octanol–water partition coefficient (Wildman–Crippen LogP) is 5.68. The number of aromatic nitrogens is 2. The summed E-state index contributed by atoms with van der Waals surface area (Å²) in [6, 6.07) is 28.6. The molecule has 5 heteroatoms. The monoisotopic (exact) mass is 401 g/mol. The summed E-state index contributed by atoms with van der Waals surface area (Å²) < 4.78 is 1.66. The number of rotatable bonds is 5. The fraction of sp³-hybridized carbons (Fsp3) is 0.0833. The minimum atomic E-state index is -0.189. The number of carbonyl (C=O) groups excluding carboxylic acids is 1. The Balaban J connectivity index is 1.71. The first kappa shape index (κ1) is 19.0. The van der Waals surface area contributed by atoms with Crippen LogP contribution in [-0.2, 0) is 0 Å². The van der Waals surface area contributed by atoms with Crippen molar-refractivity contribution in [1.29, 1.82) is 0 Å². The Morgan fingerprint density at radius 2 is 1.55 bits per heavy atom. The zero-order valence-electron chi connectivity index (χ0n) is 15.9. The molecule has 0 aliphatic carbocycles. The summed E-state index contributed by atoms with van der Waals surface area (Å²) in [4.78, 5) is 13.1. The number of carbonyl (C=O) groups is 1. The van der Waals surface area contributed by atoms with Crippen LogP contribution in [0.25, 0.3) is 16.9 Å². The fourth-order valence-electron chi connectivity index (χ4n) is 3.17. The maximum Gasteiger partial charge on any atom is 0.270 e. The Morgan fingerprint density at radius 3 is 2.21 bits per heavy atom. The first-order valence-electron chi connectivity index (χ1n) is 9.39. The molecule has 1 heterocycles. The van der Waals surface area contributed by atoms with Crippen molar-refractivity contribution >= 4 is 17.5 Å². The molecule has 0 aliphatic heterocycles. The molecule has 1 atom stereocenters. The lowest BCUT2D eigenvalue weighted by Crippen LogP contribution is -2.28. The van der Waals surface area contributed by atoms with Gasteiger partial charge in [0.25, 0.3) is 5.91 Å². The Labute approximate surface area is 174 Å². The van der Waals surface area contributed by atoms with E-state index in [1.54, 1.807) is 16.8 Å². The third-order valence-corrected chi connectivity index (χ3v) is 4.98. The molecule has 4 rings (SSSR count). The van der Waals surface area contributed by atoms with Crippen molar-refractivity contribution in [2.24, 2.45) is 0 Å². The summed E-state index contributed by atoms with van der Waals surface area (Å²) in [5, 5.41) is 8.40. The van der Waals surface area contributed by atoms with Gasteiger partial charge < -0.3 is 5.32 Å². The molecule has 1 amide bonds. The van der Waals surface area contributed by atoms with Gasteiger partial charge in [-0.25, -0.2) is 4.68 Å². The van der Waals surface area contributed by atoms with E-state index in [-0.39, 0.29) is 11.9 Å². The van der Waals surface area contributed by atoms with E-state index in [4.69, 9.17) is 16.7 Å². The highest BCUT2D eigenvalue weighted by Crippen LogP contribution is 2.23. The van der Waals surface area contributed by atoms with Crippen LogP contribution < -0.4 is 5.32 Å². The van der Waals surface area contributed by atoms with Gasteiger partial charge in [0, 0.05) is 10.6 Å².